The normalized spacial score (nSPS) is 9.67. The number of benzene rings is 2. The number of nitrogens with two attached hydrogens (primary N) is 1. The Hall–Kier alpha value is -2.64. The van der Waals surface area contributed by atoms with E-state index in [0.717, 1.165) is 5.56 Å². The van der Waals surface area contributed by atoms with E-state index in [4.69, 9.17) is 5.73 Å². The van der Waals surface area contributed by atoms with E-state index in [0.29, 0.717) is 11.3 Å². The summed E-state index contributed by atoms with van der Waals surface area (Å²) in [5.41, 5.74) is 7.04. The van der Waals surface area contributed by atoms with Crippen molar-refractivity contribution in [3.63, 3.8) is 0 Å². The number of rotatable bonds is 2. The molecule has 2 N–H and O–H groups in total. The van der Waals surface area contributed by atoms with Crippen LogP contribution in [-0.2, 0) is 0 Å². The van der Waals surface area contributed by atoms with Gasteiger partial charge in [0.25, 0.3) is 5.91 Å². The minimum Gasteiger partial charge on any atom is -0.320 e. The van der Waals surface area contributed by atoms with Crippen molar-refractivity contribution in [3.8, 4) is 11.8 Å². The quantitative estimate of drug-likeness (QED) is 0.860. The first kappa shape index (κ1) is 14.8. The van der Waals surface area contributed by atoms with Crippen molar-refractivity contribution in [1.82, 2.24) is 0 Å². The second kappa shape index (κ2) is 6.69. The number of hydrogen-bond donors (Lipinski definition) is 1. The van der Waals surface area contributed by atoms with Gasteiger partial charge in [0, 0.05) is 23.9 Å². The Bertz CT molecular complexity index is 716. The van der Waals surface area contributed by atoms with Crippen LogP contribution in [-0.4, -0.2) is 19.5 Å². The molecule has 21 heavy (non-hydrogen) atoms. The lowest BCUT2D eigenvalue weighted by Gasteiger charge is -2.17. The van der Waals surface area contributed by atoms with Crippen LogP contribution in [0.3, 0.4) is 0 Å². The van der Waals surface area contributed by atoms with Crippen LogP contribution < -0.4 is 10.6 Å². The monoisotopic (exact) mass is 282 g/mol. The molecule has 0 saturated heterocycles. The van der Waals surface area contributed by atoms with Crippen LogP contribution >= 0.6 is 0 Å². The first-order valence-corrected chi connectivity index (χ1v) is 6.44. The third-order valence-corrected chi connectivity index (χ3v) is 2.94. The molecule has 0 aromatic heterocycles. The fourth-order valence-corrected chi connectivity index (χ4v) is 1.88. The Morgan fingerprint density at radius 3 is 2.71 bits per heavy atom. The average molecular weight is 282 g/mol. The number of hydrogen-bond acceptors (Lipinski definition) is 2. The molecular weight excluding hydrogens is 267 g/mol. The predicted molar refractivity (Wildman–Crippen MR) is 81.5 cm³/mol. The van der Waals surface area contributed by atoms with E-state index in [1.54, 1.807) is 37.4 Å². The Labute approximate surface area is 123 Å². The molecule has 0 unspecified atom stereocenters. The third-order valence-electron chi connectivity index (χ3n) is 2.94. The molecule has 0 atom stereocenters. The smallest absolute Gasteiger partial charge is 0.258 e. The molecule has 0 bridgehead atoms. The molecule has 0 aliphatic carbocycles. The van der Waals surface area contributed by atoms with Gasteiger partial charge in [-0.05, 0) is 36.4 Å². The molecule has 106 valence electrons. The maximum absolute atomic E-state index is 13.2. The largest absolute Gasteiger partial charge is 0.320 e. The van der Waals surface area contributed by atoms with Gasteiger partial charge in [-0.15, -0.1) is 0 Å². The van der Waals surface area contributed by atoms with Gasteiger partial charge in [0.05, 0.1) is 6.54 Å². The summed E-state index contributed by atoms with van der Waals surface area (Å²) in [6.07, 6.45) is 0. The third kappa shape index (κ3) is 3.68. The molecule has 4 heteroatoms. The van der Waals surface area contributed by atoms with E-state index < -0.39 is 0 Å². The van der Waals surface area contributed by atoms with Crippen molar-refractivity contribution in [2.24, 2.45) is 5.73 Å². The standard InChI is InChI=1S/C17H15FN2O/c1-20(16-9-3-8-15(18)12-16)17(21)14-7-2-5-13(11-14)6-4-10-19/h2-3,5,7-9,11-12H,10,19H2,1H3. The van der Waals surface area contributed by atoms with Crippen molar-refractivity contribution in [2.45, 2.75) is 0 Å². The molecule has 0 spiro atoms. The van der Waals surface area contributed by atoms with Gasteiger partial charge in [0.15, 0.2) is 0 Å². The molecule has 2 rings (SSSR count). The van der Waals surface area contributed by atoms with E-state index >= 15 is 0 Å². The van der Waals surface area contributed by atoms with E-state index in [-0.39, 0.29) is 18.3 Å². The SMILES string of the molecule is CN(C(=O)c1cccc(C#CCN)c1)c1cccc(F)c1. The number of nitrogens with zero attached hydrogens (tertiary/aromatic N) is 1. The molecular formula is C17H15FN2O. The van der Waals surface area contributed by atoms with Crippen LogP contribution in [0.15, 0.2) is 48.5 Å². The minimum absolute atomic E-state index is 0.225. The van der Waals surface area contributed by atoms with Gasteiger partial charge in [-0.2, -0.15) is 0 Å². The minimum atomic E-state index is -0.380. The highest BCUT2D eigenvalue weighted by Gasteiger charge is 2.14. The van der Waals surface area contributed by atoms with E-state index in [1.807, 2.05) is 6.07 Å². The number of anilines is 1. The highest BCUT2D eigenvalue weighted by Crippen LogP contribution is 2.17. The zero-order valence-electron chi connectivity index (χ0n) is 11.6. The van der Waals surface area contributed by atoms with Gasteiger partial charge in [0.1, 0.15) is 5.82 Å². The maximum atomic E-state index is 13.2. The highest BCUT2D eigenvalue weighted by atomic mass is 19.1. The van der Waals surface area contributed by atoms with E-state index in [2.05, 4.69) is 11.8 Å². The molecule has 0 fully saturated rings. The molecule has 2 aromatic rings. The second-order valence-corrected chi connectivity index (χ2v) is 4.43. The zero-order valence-corrected chi connectivity index (χ0v) is 11.6. The van der Waals surface area contributed by atoms with Gasteiger partial charge in [0.2, 0.25) is 0 Å². The average Bonchev–Trinajstić information content (AvgIpc) is 2.51. The first-order valence-electron chi connectivity index (χ1n) is 6.44. The number of carbonyl (C=O) groups excluding carboxylic acids is 1. The fourth-order valence-electron chi connectivity index (χ4n) is 1.88. The van der Waals surface area contributed by atoms with Gasteiger partial charge in [-0.3, -0.25) is 4.79 Å². The Kier molecular flexibility index (Phi) is 4.70. The van der Waals surface area contributed by atoms with Crippen molar-refractivity contribution in [3.05, 3.63) is 65.5 Å². The number of halogens is 1. The van der Waals surface area contributed by atoms with Gasteiger partial charge >= 0.3 is 0 Å². The number of amides is 1. The predicted octanol–water partition coefficient (Wildman–Crippen LogP) is 2.41. The summed E-state index contributed by atoms with van der Waals surface area (Å²) in [5.74, 6) is 5.02. The van der Waals surface area contributed by atoms with Gasteiger partial charge in [-0.1, -0.05) is 24.0 Å². The topological polar surface area (TPSA) is 46.3 Å². The van der Waals surface area contributed by atoms with Crippen LogP contribution in [0, 0.1) is 17.7 Å². The van der Waals surface area contributed by atoms with Crippen molar-refractivity contribution in [1.29, 1.82) is 0 Å². The molecule has 0 saturated carbocycles. The second-order valence-electron chi connectivity index (χ2n) is 4.43. The summed E-state index contributed by atoms with van der Waals surface area (Å²) in [4.78, 5) is 13.8. The molecule has 0 aliphatic heterocycles. The molecule has 0 aliphatic rings. The summed E-state index contributed by atoms with van der Waals surface area (Å²) in [6, 6.07) is 12.9. The zero-order chi connectivity index (χ0) is 15.2. The lowest BCUT2D eigenvalue weighted by molar-refractivity contribution is 0.0993. The summed E-state index contributed by atoms with van der Waals surface area (Å²) in [5, 5.41) is 0. The van der Waals surface area contributed by atoms with Crippen LogP contribution in [0.25, 0.3) is 0 Å². The molecule has 3 nitrogen and oxygen atoms in total. The molecule has 1 amide bonds. The summed E-state index contributed by atoms with van der Waals surface area (Å²) in [7, 11) is 1.61. The Morgan fingerprint density at radius 1 is 1.24 bits per heavy atom. The van der Waals surface area contributed by atoms with Crippen LogP contribution in [0.4, 0.5) is 10.1 Å². The van der Waals surface area contributed by atoms with Crippen LogP contribution in [0.1, 0.15) is 15.9 Å². The molecule has 0 radical (unpaired) electrons. The van der Waals surface area contributed by atoms with Crippen molar-refractivity contribution in [2.75, 3.05) is 18.5 Å². The van der Waals surface area contributed by atoms with Crippen LogP contribution in [0.5, 0.6) is 0 Å². The van der Waals surface area contributed by atoms with Gasteiger partial charge < -0.3 is 10.6 Å². The molecule has 2 aromatic carbocycles. The van der Waals surface area contributed by atoms with Gasteiger partial charge in [-0.25, -0.2) is 4.39 Å². The van der Waals surface area contributed by atoms with E-state index in [1.165, 1.54) is 17.0 Å². The fraction of sp³-hybridized carbons (Fsp3) is 0.118. The summed E-state index contributed by atoms with van der Waals surface area (Å²) < 4.78 is 13.2. The van der Waals surface area contributed by atoms with Crippen LogP contribution in [0.2, 0.25) is 0 Å². The lowest BCUT2D eigenvalue weighted by atomic mass is 10.1. The maximum Gasteiger partial charge on any atom is 0.258 e. The Balaban J connectivity index is 2.27. The summed E-state index contributed by atoms with van der Waals surface area (Å²) >= 11 is 0. The molecule has 0 heterocycles. The van der Waals surface area contributed by atoms with E-state index in [9.17, 15) is 9.18 Å². The van der Waals surface area contributed by atoms with Crippen molar-refractivity contribution < 1.29 is 9.18 Å². The highest BCUT2D eigenvalue weighted by molar-refractivity contribution is 6.05. The number of carbonyl (C=O) groups is 1. The lowest BCUT2D eigenvalue weighted by Crippen LogP contribution is -2.26. The Morgan fingerprint density at radius 2 is 2.00 bits per heavy atom. The summed E-state index contributed by atoms with van der Waals surface area (Å²) in [6.45, 7) is 0.265. The van der Waals surface area contributed by atoms with Crippen molar-refractivity contribution >= 4 is 11.6 Å². The first-order chi connectivity index (χ1) is 10.1.